The maximum absolute atomic E-state index is 3.44. The van der Waals surface area contributed by atoms with Crippen LogP contribution in [0.5, 0.6) is 0 Å². The van der Waals surface area contributed by atoms with Gasteiger partial charge in [-0.25, -0.2) is 0 Å². The summed E-state index contributed by atoms with van der Waals surface area (Å²) in [5.74, 6) is 0. The second-order valence-corrected chi connectivity index (χ2v) is 4.28. The number of hydrogen-bond acceptors (Lipinski definition) is 2. The molecule has 0 bridgehead atoms. The quantitative estimate of drug-likeness (QED) is 0.597. The minimum atomic E-state index is 0.256. The molecule has 0 heterocycles. The van der Waals surface area contributed by atoms with Crippen LogP contribution >= 0.6 is 0 Å². The van der Waals surface area contributed by atoms with E-state index < -0.39 is 0 Å². The zero-order valence-electron chi connectivity index (χ0n) is 9.04. The average Bonchev–Trinajstić information content (AvgIpc) is 1.94. The van der Waals surface area contributed by atoms with E-state index in [0.717, 1.165) is 19.6 Å². The normalized spacial score (nSPS) is 12.0. The summed E-state index contributed by atoms with van der Waals surface area (Å²) < 4.78 is 0. The molecule has 0 aliphatic carbocycles. The summed E-state index contributed by atoms with van der Waals surface area (Å²) in [5, 5.41) is 6.83. The summed E-state index contributed by atoms with van der Waals surface area (Å²) in [6.45, 7) is 12.1. The molecule has 0 saturated carbocycles. The lowest BCUT2D eigenvalue weighted by molar-refractivity contribution is 0.421. The van der Waals surface area contributed by atoms with Gasteiger partial charge in [0.1, 0.15) is 0 Å². The van der Waals surface area contributed by atoms with E-state index in [9.17, 15) is 0 Å². The number of nitrogens with one attached hydrogen (secondary N) is 2. The first kappa shape index (κ1) is 11.9. The van der Waals surface area contributed by atoms with E-state index in [1.165, 1.54) is 12.8 Å². The third-order valence-corrected chi connectivity index (χ3v) is 1.66. The third kappa shape index (κ3) is 9.92. The monoisotopic (exact) mass is 172 g/mol. The van der Waals surface area contributed by atoms with Crippen molar-refractivity contribution in [3.05, 3.63) is 0 Å². The topological polar surface area (TPSA) is 24.1 Å². The zero-order valence-corrected chi connectivity index (χ0v) is 9.04. The van der Waals surface area contributed by atoms with E-state index in [1.807, 2.05) is 0 Å². The predicted octanol–water partition coefficient (Wildman–Crippen LogP) is 1.76. The Hall–Kier alpha value is -0.0800. The second kappa shape index (κ2) is 6.44. The molecule has 74 valence electrons. The van der Waals surface area contributed by atoms with Crippen molar-refractivity contribution >= 4 is 0 Å². The summed E-state index contributed by atoms with van der Waals surface area (Å²) in [6.07, 6.45) is 2.56. The molecular formula is C10H24N2. The smallest absolute Gasteiger partial charge is 0.00970 e. The highest BCUT2D eigenvalue weighted by atomic mass is 15.0. The van der Waals surface area contributed by atoms with Crippen molar-refractivity contribution in [1.29, 1.82) is 0 Å². The number of hydrogen-bond donors (Lipinski definition) is 2. The van der Waals surface area contributed by atoms with Gasteiger partial charge >= 0.3 is 0 Å². The summed E-state index contributed by atoms with van der Waals surface area (Å²) >= 11 is 0. The Morgan fingerprint density at radius 3 is 2.17 bits per heavy atom. The van der Waals surface area contributed by atoms with E-state index in [1.54, 1.807) is 0 Å². The minimum absolute atomic E-state index is 0.256. The highest BCUT2D eigenvalue weighted by molar-refractivity contribution is 4.70. The maximum atomic E-state index is 3.44. The lowest BCUT2D eigenvalue weighted by Gasteiger charge is -2.20. The van der Waals surface area contributed by atoms with Crippen molar-refractivity contribution < 1.29 is 0 Å². The molecule has 0 aliphatic heterocycles. The molecule has 0 unspecified atom stereocenters. The molecule has 2 N–H and O–H groups in total. The fraction of sp³-hybridized carbons (Fsp3) is 1.00. The molecule has 0 saturated heterocycles. The van der Waals surface area contributed by atoms with Gasteiger partial charge in [0.2, 0.25) is 0 Å². The van der Waals surface area contributed by atoms with Crippen molar-refractivity contribution in [3.8, 4) is 0 Å². The van der Waals surface area contributed by atoms with Crippen LogP contribution < -0.4 is 10.6 Å². The molecule has 0 spiro atoms. The first-order valence-electron chi connectivity index (χ1n) is 5.02. The summed E-state index contributed by atoms with van der Waals surface area (Å²) in [6, 6.07) is 0. The maximum Gasteiger partial charge on any atom is 0.00970 e. The predicted molar refractivity (Wildman–Crippen MR) is 55.5 cm³/mol. The van der Waals surface area contributed by atoms with Gasteiger partial charge in [-0.1, -0.05) is 13.3 Å². The van der Waals surface area contributed by atoms with E-state index in [4.69, 9.17) is 0 Å². The second-order valence-electron chi connectivity index (χ2n) is 4.28. The fourth-order valence-electron chi connectivity index (χ4n) is 0.953. The van der Waals surface area contributed by atoms with E-state index >= 15 is 0 Å². The largest absolute Gasteiger partial charge is 0.315 e. The van der Waals surface area contributed by atoms with Crippen LogP contribution in [0.15, 0.2) is 0 Å². The van der Waals surface area contributed by atoms with Gasteiger partial charge in [-0.2, -0.15) is 0 Å². The molecule has 2 nitrogen and oxygen atoms in total. The molecule has 0 amide bonds. The summed E-state index contributed by atoms with van der Waals surface area (Å²) in [5.41, 5.74) is 0.256. The van der Waals surface area contributed by atoms with E-state index in [0.29, 0.717) is 0 Å². The molecule has 0 radical (unpaired) electrons. The van der Waals surface area contributed by atoms with Crippen molar-refractivity contribution in [2.45, 2.75) is 46.1 Å². The van der Waals surface area contributed by atoms with Gasteiger partial charge in [0.15, 0.2) is 0 Å². The lowest BCUT2D eigenvalue weighted by atomic mass is 10.1. The SMILES string of the molecule is CCCCNCCNC(C)(C)C. The average molecular weight is 172 g/mol. The Kier molecular flexibility index (Phi) is 6.39. The van der Waals surface area contributed by atoms with Crippen molar-refractivity contribution in [2.75, 3.05) is 19.6 Å². The fourth-order valence-corrected chi connectivity index (χ4v) is 0.953. The molecule has 12 heavy (non-hydrogen) atoms. The van der Waals surface area contributed by atoms with Gasteiger partial charge in [0.05, 0.1) is 0 Å². The highest BCUT2D eigenvalue weighted by Crippen LogP contribution is 1.96. The van der Waals surface area contributed by atoms with Crippen LogP contribution in [0.1, 0.15) is 40.5 Å². The van der Waals surface area contributed by atoms with Gasteiger partial charge in [-0.05, 0) is 33.7 Å². The van der Waals surface area contributed by atoms with Gasteiger partial charge in [-0.15, -0.1) is 0 Å². The Bertz CT molecular complexity index is 94.5. The molecule has 0 rings (SSSR count). The third-order valence-electron chi connectivity index (χ3n) is 1.66. The van der Waals surface area contributed by atoms with Crippen LogP contribution in [0.4, 0.5) is 0 Å². The Labute approximate surface area is 77.1 Å². The standard InChI is InChI=1S/C10H24N2/c1-5-6-7-11-8-9-12-10(2,3)4/h11-12H,5-9H2,1-4H3. The number of rotatable bonds is 6. The van der Waals surface area contributed by atoms with Crippen LogP contribution in [-0.2, 0) is 0 Å². The van der Waals surface area contributed by atoms with E-state index in [2.05, 4.69) is 38.3 Å². The molecule has 2 heteroatoms. The molecule has 0 aromatic heterocycles. The lowest BCUT2D eigenvalue weighted by Crippen LogP contribution is -2.40. The van der Waals surface area contributed by atoms with Crippen molar-refractivity contribution in [3.63, 3.8) is 0 Å². The molecule has 0 aliphatic rings. The van der Waals surface area contributed by atoms with Gasteiger partial charge in [0, 0.05) is 18.6 Å². The Morgan fingerprint density at radius 2 is 1.67 bits per heavy atom. The van der Waals surface area contributed by atoms with Crippen LogP contribution in [-0.4, -0.2) is 25.2 Å². The molecule has 0 aromatic rings. The van der Waals surface area contributed by atoms with Crippen LogP contribution in [0.3, 0.4) is 0 Å². The Morgan fingerprint density at radius 1 is 1.00 bits per heavy atom. The van der Waals surface area contributed by atoms with Crippen LogP contribution in [0, 0.1) is 0 Å². The van der Waals surface area contributed by atoms with Crippen molar-refractivity contribution in [1.82, 2.24) is 10.6 Å². The zero-order chi connectivity index (χ0) is 9.45. The van der Waals surface area contributed by atoms with Gasteiger partial charge in [-0.3, -0.25) is 0 Å². The Balaban J connectivity index is 3.01. The first-order valence-corrected chi connectivity index (χ1v) is 5.02. The molecular weight excluding hydrogens is 148 g/mol. The molecule has 0 atom stereocenters. The number of unbranched alkanes of at least 4 members (excludes halogenated alkanes) is 1. The van der Waals surface area contributed by atoms with Crippen molar-refractivity contribution in [2.24, 2.45) is 0 Å². The van der Waals surface area contributed by atoms with Gasteiger partial charge < -0.3 is 10.6 Å². The first-order chi connectivity index (χ1) is 5.56. The molecule has 0 fully saturated rings. The highest BCUT2D eigenvalue weighted by Gasteiger charge is 2.06. The molecule has 0 aromatic carbocycles. The summed E-state index contributed by atoms with van der Waals surface area (Å²) in [7, 11) is 0. The van der Waals surface area contributed by atoms with Crippen LogP contribution in [0.2, 0.25) is 0 Å². The van der Waals surface area contributed by atoms with Gasteiger partial charge in [0.25, 0.3) is 0 Å². The minimum Gasteiger partial charge on any atom is -0.315 e. The van der Waals surface area contributed by atoms with E-state index in [-0.39, 0.29) is 5.54 Å². The van der Waals surface area contributed by atoms with Crippen LogP contribution in [0.25, 0.3) is 0 Å². The summed E-state index contributed by atoms with van der Waals surface area (Å²) in [4.78, 5) is 0.